The summed E-state index contributed by atoms with van der Waals surface area (Å²) in [6.07, 6.45) is 8.97. The molecule has 0 radical (unpaired) electrons. The molecule has 0 aliphatic carbocycles. The Balaban J connectivity index is 3.40. The minimum Gasteiger partial charge on any atom is -0.469 e. The van der Waals surface area contributed by atoms with Gasteiger partial charge in [0.15, 0.2) is 0 Å². The molecule has 0 aromatic rings. The zero-order valence-electron chi connectivity index (χ0n) is 14.0. The maximum Gasteiger partial charge on any atom is 0.305 e. The van der Waals surface area contributed by atoms with Gasteiger partial charge >= 0.3 is 5.97 Å². The van der Waals surface area contributed by atoms with E-state index in [0.29, 0.717) is 19.3 Å². The number of carbonyl (C=O) groups excluding carboxylic acids is 1. The second-order valence-corrected chi connectivity index (χ2v) is 5.94. The minimum absolute atomic E-state index is 0.155. The number of rotatable bonds is 15. The number of unbranched alkanes of at least 4 members (excludes halogenated alkanes) is 7. The molecule has 0 fully saturated rings. The first-order chi connectivity index (χ1) is 10.6. The molecule has 132 valence electrons. The van der Waals surface area contributed by atoms with E-state index in [1.165, 1.54) is 7.11 Å². The predicted molar refractivity (Wildman–Crippen MR) is 86.5 cm³/mol. The summed E-state index contributed by atoms with van der Waals surface area (Å²) in [5.74, 6) is -0.155. The molecule has 0 aliphatic heterocycles. The molecule has 3 N–H and O–H groups in total. The first-order valence-corrected chi connectivity index (χ1v) is 8.65. The number of methoxy groups -OCH3 is 1. The van der Waals surface area contributed by atoms with Gasteiger partial charge in [-0.25, -0.2) is 0 Å². The Morgan fingerprint density at radius 3 is 1.77 bits per heavy atom. The smallest absolute Gasteiger partial charge is 0.305 e. The lowest BCUT2D eigenvalue weighted by Gasteiger charge is -2.17. The molecule has 0 aliphatic rings. The van der Waals surface area contributed by atoms with Crippen molar-refractivity contribution in [2.75, 3.05) is 13.7 Å². The van der Waals surface area contributed by atoms with E-state index in [1.54, 1.807) is 0 Å². The summed E-state index contributed by atoms with van der Waals surface area (Å²) in [7, 11) is 1.40. The molecule has 5 nitrogen and oxygen atoms in total. The summed E-state index contributed by atoms with van der Waals surface area (Å²) in [5.41, 5.74) is 0. The summed E-state index contributed by atoms with van der Waals surface area (Å²) < 4.78 is 4.58. The van der Waals surface area contributed by atoms with Gasteiger partial charge in [-0.1, -0.05) is 44.9 Å². The Morgan fingerprint density at radius 1 is 0.818 bits per heavy atom. The van der Waals surface area contributed by atoms with Crippen LogP contribution in [0.3, 0.4) is 0 Å². The van der Waals surface area contributed by atoms with Crippen LogP contribution in [-0.4, -0.2) is 47.2 Å². The van der Waals surface area contributed by atoms with Crippen LogP contribution in [-0.2, 0) is 9.53 Å². The molecule has 2 atom stereocenters. The Morgan fingerprint density at radius 2 is 1.27 bits per heavy atom. The standard InChI is InChI=1S/C17H34O5/c1-22-17(21)13-9-4-2-3-7-11-15(19)16(20)12-8-5-6-10-14-18/h15-16,18-20H,2-14H2,1H3/t15-,16-/m0/s1. The Kier molecular flexibility index (Phi) is 14.8. The average molecular weight is 318 g/mol. The van der Waals surface area contributed by atoms with Crippen LogP contribution < -0.4 is 0 Å². The quantitative estimate of drug-likeness (QED) is 0.319. The van der Waals surface area contributed by atoms with Crippen molar-refractivity contribution >= 4 is 5.97 Å². The van der Waals surface area contributed by atoms with Crippen molar-refractivity contribution in [3.8, 4) is 0 Å². The maximum absolute atomic E-state index is 10.9. The number of aliphatic hydroxyl groups is 3. The van der Waals surface area contributed by atoms with Gasteiger partial charge < -0.3 is 20.1 Å². The van der Waals surface area contributed by atoms with Gasteiger partial charge in [-0.3, -0.25) is 4.79 Å². The van der Waals surface area contributed by atoms with Crippen molar-refractivity contribution in [1.29, 1.82) is 0 Å². The Hall–Kier alpha value is -0.650. The molecule has 0 rings (SSSR count). The molecule has 0 amide bonds. The third-order valence-electron chi connectivity index (χ3n) is 3.96. The number of ether oxygens (including phenoxy) is 1. The van der Waals surface area contributed by atoms with Crippen molar-refractivity contribution < 1.29 is 24.9 Å². The lowest BCUT2D eigenvalue weighted by molar-refractivity contribution is -0.140. The number of carbonyl (C=O) groups is 1. The van der Waals surface area contributed by atoms with Crippen LogP contribution in [0.1, 0.15) is 77.0 Å². The number of aliphatic hydroxyl groups excluding tert-OH is 3. The molecule has 5 heteroatoms. The third-order valence-corrected chi connectivity index (χ3v) is 3.96. The molecule has 0 unspecified atom stereocenters. The summed E-state index contributed by atoms with van der Waals surface area (Å²) >= 11 is 0. The molecule has 0 saturated heterocycles. The molecule has 0 heterocycles. The van der Waals surface area contributed by atoms with E-state index in [9.17, 15) is 15.0 Å². The molecule has 0 bridgehead atoms. The van der Waals surface area contributed by atoms with E-state index in [4.69, 9.17) is 5.11 Å². The third kappa shape index (κ3) is 13.0. The van der Waals surface area contributed by atoms with Gasteiger partial charge in [0.1, 0.15) is 0 Å². The van der Waals surface area contributed by atoms with Crippen LogP contribution >= 0.6 is 0 Å². The SMILES string of the molecule is COC(=O)CCCCCCC[C@H](O)[C@@H](O)CCCCCCO. The van der Waals surface area contributed by atoms with Gasteiger partial charge in [-0.15, -0.1) is 0 Å². The summed E-state index contributed by atoms with van der Waals surface area (Å²) in [6.45, 7) is 0.227. The molecular weight excluding hydrogens is 284 g/mol. The molecule has 0 aromatic carbocycles. The van der Waals surface area contributed by atoms with E-state index < -0.39 is 12.2 Å². The van der Waals surface area contributed by atoms with Gasteiger partial charge in [0.2, 0.25) is 0 Å². The van der Waals surface area contributed by atoms with Crippen molar-refractivity contribution in [2.45, 2.75) is 89.3 Å². The number of esters is 1. The highest BCUT2D eigenvalue weighted by Crippen LogP contribution is 2.14. The fraction of sp³-hybridized carbons (Fsp3) is 0.941. The van der Waals surface area contributed by atoms with Crippen LogP contribution in [0.2, 0.25) is 0 Å². The molecule has 0 spiro atoms. The second kappa shape index (κ2) is 15.3. The molecular formula is C17H34O5. The largest absolute Gasteiger partial charge is 0.469 e. The van der Waals surface area contributed by atoms with Crippen molar-refractivity contribution in [2.24, 2.45) is 0 Å². The van der Waals surface area contributed by atoms with Gasteiger partial charge in [0, 0.05) is 13.0 Å². The highest BCUT2D eigenvalue weighted by molar-refractivity contribution is 5.68. The van der Waals surface area contributed by atoms with E-state index in [-0.39, 0.29) is 12.6 Å². The Bertz CT molecular complexity index is 257. The molecule has 0 aromatic heterocycles. The highest BCUT2D eigenvalue weighted by atomic mass is 16.5. The summed E-state index contributed by atoms with van der Waals surface area (Å²) in [5, 5.41) is 28.4. The second-order valence-electron chi connectivity index (χ2n) is 5.94. The summed E-state index contributed by atoms with van der Waals surface area (Å²) in [4.78, 5) is 10.9. The van der Waals surface area contributed by atoms with E-state index >= 15 is 0 Å². The maximum atomic E-state index is 10.9. The van der Waals surface area contributed by atoms with Crippen molar-refractivity contribution in [3.05, 3.63) is 0 Å². The average Bonchev–Trinajstić information content (AvgIpc) is 2.52. The van der Waals surface area contributed by atoms with Crippen LogP contribution in [0.4, 0.5) is 0 Å². The normalized spacial score (nSPS) is 13.8. The number of hydrogen-bond donors (Lipinski definition) is 3. The number of hydrogen-bond acceptors (Lipinski definition) is 5. The minimum atomic E-state index is -0.632. The van der Waals surface area contributed by atoms with Crippen LogP contribution in [0.25, 0.3) is 0 Å². The fourth-order valence-corrected chi connectivity index (χ4v) is 2.46. The predicted octanol–water partition coefficient (Wildman–Crippen LogP) is 2.55. The molecule has 22 heavy (non-hydrogen) atoms. The van der Waals surface area contributed by atoms with E-state index in [2.05, 4.69) is 4.74 Å². The van der Waals surface area contributed by atoms with Gasteiger partial charge in [-0.05, 0) is 25.7 Å². The van der Waals surface area contributed by atoms with Gasteiger partial charge in [0.25, 0.3) is 0 Å². The van der Waals surface area contributed by atoms with Crippen LogP contribution in [0, 0.1) is 0 Å². The van der Waals surface area contributed by atoms with E-state index in [0.717, 1.165) is 57.8 Å². The monoisotopic (exact) mass is 318 g/mol. The Labute approximate surface area is 134 Å². The first kappa shape index (κ1) is 21.4. The van der Waals surface area contributed by atoms with Gasteiger partial charge in [0.05, 0.1) is 19.3 Å². The van der Waals surface area contributed by atoms with Crippen LogP contribution in [0.5, 0.6) is 0 Å². The van der Waals surface area contributed by atoms with Crippen molar-refractivity contribution in [3.63, 3.8) is 0 Å². The molecule has 0 saturated carbocycles. The summed E-state index contributed by atoms with van der Waals surface area (Å²) in [6, 6.07) is 0. The first-order valence-electron chi connectivity index (χ1n) is 8.65. The lowest BCUT2D eigenvalue weighted by atomic mass is 10.00. The van der Waals surface area contributed by atoms with Gasteiger partial charge in [-0.2, -0.15) is 0 Å². The lowest BCUT2D eigenvalue weighted by Crippen LogP contribution is -2.25. The topological polar surface area (TPSA) is 87.0 Å². The highest BCUT2D eigenvalue weighted by Gasteiger charge is 2.15. The zero-order valence-corrected chi connectivity index (χ0v) is 14.0. The fourth-order valence-electron chi connectivity index (χ4n) is 2.46. The van der Waals surface area contributed by atoms with Crippen molar-refractivity contribution in [1.82, 2.24) is 0 Å². The zero-order chi connectivity index (χ0) is 16.6. The van der Waals surface area contributed by atoms with E-state index in [1.807, 2.05) is 0 Å². The van der Waals surface area contributed by atoms with Crippen LogP contribution in [0.15, 0.2) is 0 Å².